The van der Waals surface area contributed by atoms with Crippen LogP contribution in [0.5, 0.6) is 5.75 Å². The summed E-state index contributed by atoms with van der Waals surface area (Å²) in [4.78, 5) is 20.0. The highest BCUT2D eigenvalue weighted by atomic mass is 32.2. The molecule has 31 heavy (non-hydrogen) atoms. The Morgan fingerprint density at radius 3 is 2.74 bits per heavy atom. The molecule has 1 fully saturated rings. The lowest BCUT2D eigenvalue weighted by Crippen LogP contribution is -2.46. The van der Waals surface area contributed by atoms with E-state index in [1.54, 1.807) is 12.0 Å². The average molecular weight is 460 g/mol. The van der Waals surface area contributed by atoms with Gasteiger partial charge in [-0.05, 0) is 36.6 Å². The van der Waals surface area contributed by atoms with E-state index in [1.165, 1.54) is 21.9 Å². The molecule has 1 atom stereocenters. The first-order valence-electron chi connectivity index (χ1n) is 10.1. The maximum absolute atomic E-state index is 13.6. The monoisotopic (exact) mass is 459 g/mol. The number of carbonyl (C=O) groups excluding carboxylic acids is 1. The van der Waals surface area contributed by atoms with E-state index in [9.17, 15) is 13.2 Å². The summed E-state index contributed by atoms with van der Waals surface area (Å²) in [5.41, 5.74) is 1.79. The highest BCUT2D eigenvalue weighted by Gasteiger charge is 2.34. The van der Waals surface area contributed by atoms with Crippen LogP contribution in [0.3, 0.4) is 0 Å². The van der Waals surface area contributed by atoms with Crippen molar-refractivity contribution in [2.45, 2.75) is 19.4 Å². The zero-order chi connectivity index (χ0) is 22.0. The minimum Gasteiger partial charge on any atom is -0.497 e. The second-order valence-electron chi connectivity index (χ2n) is 7.70. The Hall–Kier alpha value is -2.49. The molecule has 0 N–H and O–H groups in total. The first-order valence-corrected chi connectivity index (χ1v) is 12.8. The number of piperidine rings is 1. The van der Waals surface area contributed by atoms with E-state index in [2.05, 4.69) is 0 Å². The highest BCUT2D eigenvalue weighted by molar-refractivity contribution is 7.88. The molecule has 0 radical (unpaired) electrons. The second-order valence-corrected chi connectivity index (χ2v) is 10.7. The largest absolute Gasteiger partial charge is 0.497 e. The minimum absolute atomic E-state index is 0.0942. The van der Waals surface area contributed by atoms with Gasteiger partial charge in [0.1, 0.15) is 5.75 Å². The number of nitrogens with zero attached hydrogens (tertiary/aromatic N) is 3. The van der Waals surface area contributed by atoms with Crippen LogP contribution in [-0.4, -0.2) is 50.1 Å². The van der Waals surface area contributed by atoms with Crippen molar-refractivity contribution in [1.29, 1.82) is 0 Å². The van der Waals surface area contributed by atoms with Crippen LogP contribution in [0.2, 0.25) is 0 Å². The molecule has 9 heteroatoms. The van der Waals surface area contributed by atoms with Gasteiger partial charge in [0.05, 0.1) is 36.0 Å². The predicted octanol–water partition coefficient (Wildman–Crippen LogP) is 3.51. The van der Waals surface area contributed by atoms with Gasteiger partial charge in [-0.15, -0.1) is 0 Å². The van der Waals surface area contributed by atoms with Gasteiger partial charge in [-0.2, -0.15) is 0 Å². The molecular formula is C22H25N3O4S2. The second kappa shape index (κ2) is 8.94. The van der Waals surface area contributed by atoms with E-state index in [4.69, 9.17) is 9.72 Å². The van der Waals surface area contributed by atoms with Crippen molar-refractivity contribution in [3.8, 4) is 5.75 Å². The van der Waals surface area contributed by atoms with Crippen LogP contribution >= 0.6 is 11.3 Å². The molecule has 0 unspecified atom stereocenters. The first-order chi connectivity index (χ1) is 14.8. The van der Waals surface area contributed by atoms with E-state index in [1.807, 2.05) is 48.5 Å². The van der Waals surface area contributed by atoms with E-state index in [0.29, 0.717) is 31.1 Å². The van der Waals surface area contributed by atoms with Crippen LogP contribution in [0.25, 0.3) is 10.2 Å². The Bertz CT molecular complexity index is 1180. The van der Waals surface area contributed by atoms with Gasteiger partial charge in [-0.25, -0.2) is 17.7 Å². The van der Waals surface area contributed by atoms with Crippen molar-refractivity contribution >= 4 is 42.6 Å². The Balaban J connectivity index is 1.68. The molecule has 1 amide bonds. The maximum atomic E-state index is 13.6. The number of benzene rings is 2. The number of fused-ring (bicyclic) bond motifs is 1. The lowest BCUT2D eigenvalue weighted by molar-refractivity contribution is -0.123. The minimum atomic E-state index is -3.33. The van der Waals surface area contributed by atoms with Crippen molar-refractivity contribution in [2.24, 2.45) is 5.92 Å². The molecule has 0 spiro atoms. The number of thiazole rings is 1. The fourth-order valence-corrected chi connectivity index (χ4v) is 5.72. The Morgan fingerprint density at radius 2 is 2.03 bits per heavy atom. The van der Waals surface area contributed by atoms with Gasteiger partial charge < -0.3 is 4.74 Å². The molecule has 0 bridgehead atoms. The molecule has 2 aromatic carbocycles. The topological polar surface area (TPSA) is 79.8 Å². The van der Waals surface area contributed by atoms with Gasteiger partial charge in [0, 0.05) is 13.1 Å². The molecule has 0 aliphatic carbocycles. The number of hydrogen-bond donors (Lipinski definition) is 0. The number of ether oxygens (including phenoxy) is 1. The molecular weight excluding hydrogens is 434 g/mol. The van der Waals surface area contributed by atoms with Crippen LogP contribution in [-0.2, 0) is 21.4 Å². The van der Waals surface area contributed by atoms with Gasteiger partial charge >= 0.3 is 0 Å². The molecule has 1 aromatic heterocycles. The molecule has 0 saturated carbocycles. The Kier molecular flexibility index (Phi) is 6.27. The van der Waals surface area contributed by atoms with Gasteiger partial charge in [-0.3, -0.25) is 9.69 Å². The molecule has 7 nitrogen and oxygen atoms in total. The number of sulfonamides is 1. The van der Waals surface area contributed by atoms with Crippen LogP contribution in [0, 0.1) is 5.92 Å². The van der Waals surface area contributed by atoms with Crippen molar-refractivity contribution in [3.05, 3.63) is 54.1 Å². The van der Waals surface area contributed by atoms with Crippen LogP contribution in [0.15, 0.2) is 48.5 Å². The third kappa shape index (κ3) is 4.89. The summed E-state index contributed by atoms with van der Waals surface area (Å²) in [5.74, 6) is 0.247. The lowest BCUT2D eigenvalue weighted by atomic mass is 9.98. The van der Waals surface area contributed by atoms with E-state index in [0.717, 1.165) is 21.5 Å². The Labute approximate surface area is 186 Å². The quantitative estimate of drug-likeness (QED) is 0.564. The third-order valence-electron chi connectivity index (χ3n) is 5.47. The standard InChI is InChI=1S/C22H25N3O4S2/c1-29-18-10-11-19-20(13-18)30-22(23-19)25(14-16-7-4-3-5-8-16)21(26)17-9-6-12-24(15-17)31(2,27)28/h3-5,7-8,10-11,13,17H,6,9,12,14-15H2,1-2H3/t17-/m0/s1. The molecule has 164 valence electrons. The fourth-order valence-electron chi connectivity index (χ4n) is 3.81. The Morgan fingerprint density at radius 1 is 1.26 bits per heavy atom. The van der Waals surface area contributed by atoms with Crippen molar-refractivity contribution in [1.82, 2.24) is 9.29 Å². The summed E-state index contributed by atoms with van der Waals surface area (Å²) < 4.78 is 31.7. The first kappa shape index (κ1) is 21.7. The summed E-state index contributed by atoms with van der Waals surface area (Å²) in [5, 5.41) is 0.605. The number of amides is 1. The summed E-state index contributed by atoms with van der Waals surface area (Å²) in [6.07, 6.45) is 2.52. The van der Waals surface area contributed by atoms with Gasteiger partial charge in [0.2, 0.25) is 15.9 Å². The molecule has 1 saturated heterocycles. The lowest BCUT2D eigenvalue weighted by Gasteiger charge is -2.33. The van der Waals surface area contributed by atoms with Crippen molar-refractivity contribution in [2.75, 3.05) is 31.4 Å². The summed E-state index contributed by atoms with van der Waals surface area (Å²) in [7, 11) is -1.72. The summed E-state index contributed by atoms with van der Waals surface area (Å²) in [6.45, 7) is 1.05. The number of methoxy groups -OCH3 is 1. The molecule has 4 rings (SSSR count). The highest BCUT2D eigenvalue weighted by Crippen LogP contribution is 2.34. The van der Waals surface area contributed by atoms with E-state index >= 15 is 0 Å². The van der Waals surface area contributed by atoms with Gasteiger partial charge in [-0.1, -0.05) is 41.7 Å². The molecule has 1 aliphatic rings. The van der Waals surface area contributed by atoms with E-state index < -0.39 is 15.9 Å². The number of rotatable bonds is 6. The third-order valence-corrected chi connectivity index (χ3v) is 7.78. The predicted molar refractivity (Wildman–Crippen MR) is 123 cm³/mol. The maximum Gasteiger partial charge on any atom is 0.233 e. The molecule has 1 aliphatic heterocycles. The molecule has 3 aromatic rings. The fraction of sp³-hybridized carbons (Fsp3) is 0.364. The average Bonchev–Trinajstić information content (AvgIpc) is 3.20. The zero-order valence-electron chi connectivity index (χ0n) is 17.5. The number of aromatic nitrogens is 1. The van der Waals surface area contributed by atoms with Gasteiger partial charge in [0.15, 0.2) is 5.13 Å². The van der Waals surface area contributed by atoms with Crippen LogP contribution < -0.4 is 9.64 Å². The van der Waals surface area contributed by atoms with Crippen LogP contribution in [0.4, 0.5) is 5.13 Å². The van der Waals surface area contributed by atoms with Crippen molar-refractivity contribution in [3.63, 3.8) is 0 Å². The number of hydrogen-bond acceptors (Lipinski definition) is 6. The molecule has 2 heterocycles. The SMILES string of the molecule is COc1ccc2nc(N(Cc3ccccc3)C(=O)[C@H]3CCCN(S(C)(=O)=O)C3)sc2c1. The summed E-state index contributed by atoms with van der Waals surface area (Å²) in [6, 6.07) is 15.4. The summed E-state index contributed by atoms with van der Waals surface area (Å²) >= 11 is 1.43. The zero-order valence-corrected chi connectivity index (χ0v) is 19.2. The van der Waals surface area contributed by atoms with Crippen LogP contribution in [0.1, 0.15) is 18.4 Å². The van der Waals surface area contributed by atoms with E-state index in [-0.39, 0.29) is 12.5 Å². The smallest absolute Gasteiger partial charge is 0.233 e. The number of carbonyl (C=O) groups is 1. The normalized spacial score (nSPS) is 17.5. The number of anilines is 1. The van der Waals surface area contributed by atoms with Crippen molar-refractivity contribution < 1.29 is 17.9 Å². The van der Waals surface area contributed by atoms with Gasteiger partial charge in [0.25, 0.3) is 0 Å².